The second kappa shape index (κ2) is 8.48. The van der Waals surface area contributed by atoms with E-state index in [2.05, 4.69) is 5.32 Å². The van der Waals surface area contributed by atoms with Crippen LogP contribution in [0.15, 0.2) is 24.3 Å². The van der Waals surface area contributed by atoms with Gasteiger partial charge in [0.25, 0.3) is 5.91 Å². The Balaban J connectivity index is 1.63. The number of methoxy groups -OCH3 is 1. The third kappa shape index (κ3) is 4.47. The Bertz CT molecular complexity index is 842. The summed E-state index contributed by atoms with van der Waals surface area (Å²) in [7, 11) is -1.98. The molecule has 2 atom stereocenters. The van der Waals surface area contributed by atoms with E-state index >= 15 is 0 Å². The van der Waals surface area contributed by atoms with Crippen LogP contribution >= 0.6 is 0 Å². The molecule has 2 amide bonds. The van der Waals surface area contributed by atoms with E-state index in [0.717, 1.165) is 9.87 Å². The number of hydrogen-bond donors (Lipinski definition) is 1. The fourth-order valence-electron chi connectivity index (χ4n) is 3.86. The summed E-state index contributed by atoms with van der Waals surface area (Å²) in [6.45, 7) is 2.84. The van der Waals surface area contributed by atoms with Gasteiger partial charge in [0.2, 0.25) is 15.9 Å². The van der Waals surface area contributed by atoms with Crippen LogP contribution in [-0.4, -0.2) is 74.0 Å². The lowest BCUT2D eigenvalue weighted by Gasteiger charge is -2.23. The normalized spacial score (nSPS) is 24.5. The highest BCUT2D eigenvalue weighted by Gasteiger charge is 2.44. The topological polar surface area (TPSA) is 96.0 Å². The minimum atomic E-state index is -3.56. The van der Waals surface area contributed by atoms with Crippen molar-refractivity contribution in [1.82, 2.24) is 14.5 Å². The number of carbonyl (C=O) groups excluding carboxylic acids is 2. The lowest BCUT2D eigenvalue weighted by atomic mass is 10.1. The van der Waals surface area contributed by atoms with Gasteiger partial charge in [0.05, 0.1) is 25.3 Å². The van der Waals surface area contributed by atoms with Crippen LogP contribution in [0.3, 0.4) is 0 Å². The van der Waals surface area contributed by atoms with Gasteiger partial charge < -0.3 is 10.1 Å². The molecule has 9 heteroatoms. The molecule has 0 bridgehead atoms. The number of ether oxygens (including phenoxy) is 1. The summed E-state index contributed by atoms with van der Waals surface area (Å²) in [5, 5.41) is 2.99. The van der Waals surface area contributed by atoms with Crippen molar-refractivity contribution in [3.8, 4) is 5.75 Å². The first kappa shape index (κ1) is 20.6. The Morgan fingerprint density at radius 2 is 2.14 bits per heavy atom. The van der Waals surface area contributed by atoms with E-state index < -0.39 is 16.1 Å². The molecule has 1 aromatic carbocycles. The average Bonchev–Trinajstić information content (AvgIpc) is 3.03. The first-order valence-electron chi connectivity index (χ1n) is 9.54. The highest BCUT2D eigenvalue weighted by atomic mass is 32.2. The van der Waals surface area contributed by atoms with Crippen molar-refractivity contribution in [3.63, 3.8) is 0 Å². The lowest BCUT2D eigenvalue weighted by Crippen LogP contribution is -2.44. The van der Waals surface area contributed by atoms with E-state index in [4.69, 9.17) is 4.74 Å². The quantitative estimate of drug-likeness (QED) is 0.730. The molecule has 3 rings (SSSR count). The van der Waals surface area contributed by atoms with Crippen LogP contribution in [0.1, 0.15) is 25.3 Å². The maximum absolute atomic E-state index is 12.8. The maximum Gasteiger partial charge on any atom is 0.253 e. The summed E-state index contributed by atoms with van der Waals surface area (Å²) < 4.78 is 30.9. The summed E-state index contributed by atoms with van der Waals surface area (Å²) >= 11 is 0. The van der Waals surface area contributed by atoms with Gasteiger partial charge >= 0.3 is 0 Å². The number of fused-ring (bicyclic) bond motifs is 1. The van der Waals surface area contributed by atoms with Crippen LogP contribution in [0.2, 0.25) is 0 Å². The Morgan fingerprint density at radius 3 is 2.86 bits per heavy atom. The van der Waals surface area contributed by atoms with Gasteiger partial charge in [-0.05, 0) is 30.5 Å². The second-order valence-electron chi connectivity index (χ2n) is 7.27. The SMILES string of the molecule is CCCN1C(=O)[C@@H]2C[C@H](NC(=O)Cc3cccc(OC)c3)CN2CCS1(=O)=O. The maximum atomic E-state index is 12.8. The number of sulfonamides is 1. The van der Waals surface area contributed by atoms with Crippen molar-refractivity contribution in [2.24, 2.45) is 0 Å². The molecule has 2 aliphatic heterocycles. The molecule has 0 unspecified atom stereocenters. The molecule has 0 aliphatic carbocycles. The van der Waals surface area contributed by atoms with Crippen LogP contribution in [-0.2, 0) is 26.0 Å². The number of rotatable bonds is 6. The third-order valence-corrected chi connectivity index (χ3v) is 6.93. The largest absolute Gasteiger partial charge is 0.497 e. The van der Waals surface area contributed by atoms with E-state index in [1.54, 1.807) is 7.11 Å². The Labute approximate surface area is 165 Å². The highest BCUT2D eigenvalue weighted by Crippen LogP contribution is 2.25. The average molecular weight is 410 g/mol. The van der Waals surface area contributed by atoms with Crippen LogP contribution in [0.25, 0.3) is 0 Å². The highest BCUT2D eigenvalue weighted by molar-refractivity contribution is 7.89. The fraction of sp³-hybridized carbons (Fsp3) is 0.579. The fourth-order valence-corrected chi connectivity index (χ4v) is 5.40. The summed E-state index contributed by atoms with van der Waals surface area (Å²) in [4.78, 5) is 27.1. The van der Waals surface area contributed by atoms with Crippen molar-refractivity contribution in [3.05, 3.63) is 29.8 Å². The molecule has 0 radical (unpaired) electrons. The predicted octanol–water partition coefficient (Wildman–Crippen LogP) is 0.379. The van der Waals surface area contributed by atoms with Gasteiger partial charge in [-0.2, -0.15) is 0 Å². The Hall–Kier alpha value is -2.13. The summed E-state index contributed by atoms with van der Waals surface area (Å²) in [5.41, 5.74) is 0.848. The molecular formula is C19H27N3O5S. The molecule has 28 heavy (non-hydrogen) atoms. The third-order valence-electron chi connectivity index (χ3n) is 5.20. The number of amides is 2. The molecule has 1 aromatic rings. The van der Waals surface area contributed by atoms with E-state index in [1.807, 2.05) is 36.1 Å². The first-order chi connectivity index (χ1) is 13.3. The second-order valence-corrected chi connectivity index (χ2v) is 9.28. The monoisotopic (exact) mass is 409 g/mol. The molecule has 1 N–H and O–H groups in total. The van der Waals surface area contributed by atoms with Crippen molar-refractivity contribution < 1.29 is 22.7 Å². The zero-order valence-electron chi connectivity index (χ0n) is 16.3. The minimum absolute atomic E-state index is 0.0697. The molecular weight excluding hydrogens is 382 g/mol. The van der Waals surface area contributed by atoms with Gasteiger partial charge in [-0.15, -0.1) is 0 Å². The number of nitrogens with zero attached hydrogens (tertiary/aromatic N) is 2. The summed E-state index contributed by atoms with van der Waals surface area (Å²) in [5.74, 6) is 0.132. The smallest absolute Gasteiger partial charge is 0.253 e. The van der Waals surface area contributed by atoms with E-state index in [9.17, 15) is 18.0 Å². The molecule has 2 heterocycles. The van der Waals surface area contributed by atoms with E-state index in [0.29, 0.717) is 31.7 Å². The van der Waals surface area contributed by atoms with Crippen molar-refractivity contribution in [1.29, 1.82) is 0 Å². The summed E-state index contributed by atoms with van der Waals surface area (Å²) in [6, 6.07) is 6.67. The van der Waals surface area contributed by atoms with Crippen molar-refractivity contribution in [2.45, 2.75) is 38.3 Å². The number of carbonyl (C=O) groups is 2. The van der Waals surface area contributed by atoms with E-state index in [-0.39, 0.29) is 36.6 Å². The zero-order chi connectivity index (χ0) is 20.3. The van der Waals surface area contributed by atoms with Crippen LogP contribution in [0.4, 0.5) is 0 Å². The van der Waals surface area contributed by atoms with Crippen molar-refractivity contribution in [2.75, 3.05) is 32.5 Å². The molecule has 154 valence electrons. The molecule has 0 aromatic heterocycles. The molecule has 2 fully saturated rings. The Morgan fingerprint density at radius 1 is 1.36 bits per heavy atom. The standard InChI is InChI=1S/C19H27N3O5S/c1-3-7-22-19(24)17-12-15(13-21(17)8-9-28(22,25)26)20-18(23)11-14-5-4-6-16(10-14)27-2/h4-6,10,15,17H,3,7-9,11-13H2,1-2H3,(H,20,23)/t15-,17-/m0/s1. The van der Waals surface area contributed by atoms with Crippen LogP contribution in [0.5, 0.6) is 5.75 Å². The molecule has 2 saturated heterocycles. The number of hydrogen-bond acceptors (Lipinski definition) is 6. The molecule has 8 nitrogen and oxygen atoms in total. The van der Waals surface area contributed by atoms with E-state index in [1.165, 1.54) is 0 Å². The minimum Gasteiger partial charge on any atom is -0.497 e. The van der Waals surface area contributed by atoms with Gasteiger partial charge in [-0.3, -0.25) is 14.5 Å². The number of nitrogens with one attached hydrogen (secondary N) is 1. The van der Waals surface area contributed by atoms with Gasteiger partial charge in [-0.1, -0.05) is 19.1 Å². The first-order valence-corrected chi connectivity index (χ1v) is 11.2. The van der Waals surface area contributed by atoms with Gasteiger partial charge in [0.1, 0.15) is 5.75 Å². The van der Waals surface area contributed by atoms with Crippen LogP contribution in [0, 0.1) is 0 Å². The van der Waals surface area contributed by atoms with Gasteiger partial charge in [0, 0.05) is 25.7 Å². The molecule has 2 aliphatic rings. The molecule has 0 spiro atoms. The van der Waals surface area contributed by atoms with Gasteiger partial charge in [0.15, 0.2) is 0 Å². The summed E-state index contributed by atoms with van der Waals surface area (Å²) in [6.07, 6.45) is 1.24. The predicted molar refractivity (Wildman–Crippen MR) is 104 cm³/mol. The number of benzene rings is 1. The van der Waals surface area contributed by atoms with Gasteiger partial charge in [-0.25, -0.2) is 12.7 Å². The Kier molecular flexibility index (Phi) is 6.24. The molecule has 0 saturated carbocycles. The van der Waals surface area contributed by atoms with Crippen molar-refractivity contribution >= 4 is 21.8 Å². The van der Waals surface area contributed by atoms with Crippen LogP contribution < -0.4 is 10.1 Å². The lowest BCUT2D eigenvalue weighted by molar-refractivity contribution is -0.130. The zero-order valence-corrected chi connectivity index (χ0v) is 17.1.